The van der Waals surface area contributed by atoms with Gasteiger partial charge in [0.25, 0.3) is 0 Å². The molecule has 4 heteroatoms. The van der Waals surface area contributed by atoms with E-state index < -0.39 is 0 Å². The van der Waals surface area contributed by atoms with Gasteiger partial charge in [-0.15, -0.1) is 0 Å². The molecule has 1 aromatic carbocycles. The van der Waals surface area contributed by atoms with Gasteiger partial charge in [0.1, 0.15) is 0 Å². The smallest absolute Gasteiger partial charge is 0.227 e. The van der Waals surface area contributed by atoms with E-state index in [-0.39, 0.29) is 17.9 Å². The summed E-state index contributed by atoms with van der Waals surface area (Å²) < 4.78 is 0. The highest BCUT2D eigenvalue weighted by atomic mass is 16.3. The van der Waals surface area contributed by atoms with E-state index in [1.165, 1.54) is 31.2 Å². The maximum absolute atomic E-state index is 12.6. The quantitative estimate of drug-likeness (QED) is 0.830. The minimum Gasteiger partial charge on any atom is -0.393 e. The van der Waals surface area contributed by atoms with Crippen LogP contribution in [0.2, 0.25) is 0 Å². The van der Waals surface area contributed by atoms with Crippen molar-refractivity contribution in [1.82, 2.24) is 4.90 Å². The molecule has 1 aromatic rings. The molecular weight excluding hydrogens is 300 g/mol. The van der Waals surface area contributed by atoms with Crippen LogP contribution in [0.3, 0.4) is 0 Å². The molecule has 0 radical (unpaired) electrons. The zero-order chi connectivity index (χ0) is 16.8. The van der Waals surface area contributed by atoms with E-state index >= 15 is 0 Å². The van der Waals surface area contributed by atoms with Gasteiger partial charge in [0.2, 0.25) is 5.91 Å². The van der Waals surface area contributed by atoms with Crippen molar-refractivity contribution in [1.29, 1.82) is 0 Å². The molecule has 2 aliphatic rings. The Morgan fingerprint density at radius 1 is 1.04 bits per heavy atom. The van der Waals surface area contributed by atoms with Crippen LogP contribution in [0.15, 0.2) is 24.3 Å². The molecule has 0 spiro atoms. The van der Waals surface area contributed by atoms with Crippen LogP contribution in [0.5, 0.6) is 0 Å². The minimum absolute atomic E-state index is 0.147. The fourth-order valence-electron chi connectivity index (χ4n) is 3.87. The number of hydrogen-bond donors (Lipinski definition) is 2. The van der Waals surface area contributed by atoms with Crippen LogP contribution < -0.4 is 5.32 Å². The Labute approximate surface area is 145 Å². The van der Waals surface area contributed by atoms with Crippen molar-refractivity contribution in [3.8, 4) is 0 Å². The largest absolute Gasteiger partial charge is 0.393 e. The standard InChI is InChI=1S/C20H30N2O2/c23-18-11-13-22(14-12-18)15-17-9-5-6-10-19(17)21-20(24)16-7-3-1-2-4-8-16/h5-6,9-10,16,18,23H,1-4,7-8,11-15H2,(H,21,24). The molecule has 1 aliphatic heterocycles. The Balaban J connectivity index is 1.62. The molecule has 1 saturated carbocycles. The van der Waals surface area contributed by atoms with Gasteiger partial charge in [-0.2, -0.15) is 0 Å². The van der Waals surface area contributed by atoms with Crippen molar-refractivity contribution >= 4 is 11.6 Å². The number of amides is 1. The average Bonchev–Trinajstić information content (AvgIpc) is 2.88. The molecule has 24 heavy (non-hydrogen) atoms. The Morgan fingerprint density at radius 3 is 2.42 bits per heavy atom. The second-order valence-electron chi connectivity index (χ2n) is 7.34. The highest BCUT2D eigenvalue weighted by Gasteiger charge is 2.22. The summed E-state index contributed by atoms with van der Waals surface area (Å²) in [6.07, 6.45) is 8.48. The van der Waals surface area contributed by atoms with Crippen LogP contribution >= 0.6 is 0 Å². The third-order valence-corrected chi connectivity index (χ3v) is 5.45. The Hall–Kier alpha value is -1.39. The molecule has 132 valence electrons. The van der Waals surface area contributed by atoms with Gasteiger partial charge in [0.15, 0.2) is 0 Å². The first-order valence-corrected chi connectivity index (χ1v) is 9.51. The summed E-state index contributed by atoms with van der Waals surface area (Å²) in [4.78, 5) is 15.0. The highest BCUT2D eigenvalue weighted by Crippen LogP contribution is 2.26. The van der Waals surface area contributed by atoms with E-state index in [9.17, 15) is 9.90 Å². The topological polar surface area (TPSA) is 52.6 Å². The zero-order valence-electron chi connectivity index (χ0n) is 14.5. The van der Waals surface area contributed by atoms with Gasteiger partial charge < -0.3 is 10.4 Å². The van der Waals surface area contributed by atoms with Crippen molar-refractivity contribution < 1.29 is 9.90 Å². The van der Waals surface area contributed by atoms with E-state index in [0.29, 0.717) is 0 Å². The lowest BCUT2D eigenvalue weighted by molar-refractivity contribution is -0.120. The number of aliphatic hydroxyl groups excluding tert-OH is 1. The first-order valence-electron chi connectivity index (χ1n) is 9.51. The van der Waals surface area contributed by atoms with Crippen LogP contribution in [0.1, 0.15) is 56.9 Å². The predicted molar refractivity (Wildman–Crippen MR) is 96.8 cm³/mol. The van der Waals surface area contributed by atoms with E-state index in [1.54, 1.807) is 0 Å². The van der Waals surface area contributed by atoms with Crippen molar-refractivity contribution in [3.05, 3.63) is 29.8 Å². The van der Waals surface area contributed by atoms with Crippen LogP contribution in [0.4, 0.5) is 5.69 Å². The molecule has 1 saturated heterocycles. The summed E-state index contributed by atoms with van der Waals surface area (Å²) in [6, 6.07) is 8.15. The summed E-state index contributed by atoms with van der Waals surface area (Å²) in [5.74, 6) is 0.365. The number of carbonyl (C=O) groups excluding carboxylic acids is 1. The number of hydrogen-bond acceptors (Lipinski definition) is 3. The van der Waals surface area contributed by atoms with Gasteiger partial charge in [-0.25, -0.2) is 0 Å². The van der Waals surface area contributed by atoms with Crippen molar-refractivity contribution in [2.45, 2.75) is 64.0 Å². The predicted octanol–water partition coefficient (Wildman–Crippen LogP) is 3.55. The number of carbonyl (C=O) groups is 1. The first-order chi connectivity index (χ1) is 11.7. The van der Waals surface area contributed by atoms with Gasteiger partial charge >= 0.3 is 0 Å². The molecule has 1 heterocycles. The Kier molecular flexibility index (Phi) is 6.27. The van der Waals surface area contributed by atoms with E-state index in [0.717, 1.165) is 51.0 Å². The van der Waals surface area contributed by atoms with Crippen molar-refractivity contribution in [2.24, 2.45) is 5.92 Å². The van der Waals surface area contributed by atoms with Crippen LogP contribution in [0.25, 0.3) is 0 Å². The maximum atomic E-state index is 12.6. The minimum atomic E-state index is -0.147. The van der Waals surface area contributed by atoms with E-state index in [4.69, 9.17) is 0 Å². The average molecular weight is 330 g/mol. The summed E-state index contributed by atoms with van der Waals surface area (Å²) in [5, 5.41) is 12.8. The molecule has 0 atom stereocenters. The molecule has 2 N–H and O–H groups in total. The molecule has 2 fully saturated rings. The summed E-state index contributed by atoms with van der Waals surface area (Å²) >= 11 is 0. The lowest BCUT2D eigenvalue weighted by atomic mass is 9.99. The lowest BCUT2D eigenvalue weighted by Crippen LogP contribution is -2.35. The maximum Gasteiger partial charge on any atom is 0.227 e. The van der Waals surface area contributed by atoms with Crippen LogP contribution in [-0.4, -0.2) is 35.1 Å². The molecule has 1 aliphatic carbocycles. The van der Waals surface area contributed by atoms with Crippen LogP contribution in [0, 0.1) is 5.92 Å². The summed E-state index contributed by atoms with van der Waals surface area (Å²) in [5.41, 5.74) is 2.13. The van der Waals surface area contributed by atoms with E-state index in [2.05, 4.69) is 16.3 Å². The number of para-hydroxylation sites is 1. The molecule has 3 rings (SSSR count). The number of likely N-dealkylation sites (tertiary alicyclic amines) is 1. The summed E-state index contributed by atoms with van der Waals surface area (Å²) in [6.45, 7) is 2.69. The molecule has 0 aromatic heterocycles. The molecule has 1 amide bonds. The monoisotopic (exact) mass is 330 g/mol. The van der Waals surface area contributed by atoms with Crippen LogP contribution in [-0.2, 0) is 11.3 Å². The number of benzene rings is 1. The first kappa shape index (κ1) is 17.4. The number of anilines is 1. The van der Waals surface area contributed by atoms with Gasteiger partial charge in [-0.3, -0.25) is 9.69 Å². The third-order valence-electron chi connectivity index (χ3n) is 5.45. The number of nitrogens with one attached hydrogen (secondary N) is 1. The number of aliphatic hydroxyl groups is 1. The molecule has 0 unspecified atom stereocenters. The van der Waals surface area contributed by atoms with Crippen molar-refractivity contribution in [2.75, 3.05) is 18.4 Å². The van der Waals surface area contributed by atoms with Crippen molar-refractivity contribution in [3.63, 3.8) is 0 Å². The van der Waals surface area contributed by atoms with Gasteiger partial charge in [0.05, 0.1) is 6.10 Å². The Morgan fingerprint density at radius 2 is 1.71 bits per heavy atom. The second-order valence-corrected chi connectivity index (χ2v) is 7.34. The Bertz CT molecular complexity index is 530. The number of rotatable bonds is 4. The molecule has 0 bridgehead atoms. The van der Waals surface area contributed by atoms with Gasteiger partial charge in [0, 0.05) is 31.2 Å². The lowest BCUT2D eigenvalue weighted by Gasteiger charge is -2.30. The highest BCUT2D eigenvalue weighted by molar-refractivity contribution is 5.93. The summed E-state index contributed by atoms with van der Waals surface area (Å²) in [7, 11) is 0. The number of piperidine rings is 1. The fraction of sp³-hybridized carbons (Fsp3) is 0.650. The van der Waals surface area contributed by atoms with E-state index in [1.807, 2.05) is 18.2 Å². The molecule has 4 nitrogen and oxygen atoms in total. The third kappa shape index (κ3) is 4.81. The van der Waals surface area contributed by atoms with Gasteiger partial charge in [-0.1, -0.05) is 43.9 Å². The fourth-order valence-corrected chi connectivity index (χ4v) is 3.87. The molecular formula is C20H30N2O2. The zero-order valence-corrected chi connectivity index (χ0v) is 14.5. The second kappa shape index (κ2) is 8.63. The van der Waals surface area contributed by atoms with Gasteiger partial charge in [-0.05, 0) is 37.3 Å². The SMILES string of the molecule is O=C(Nc1ccccc1CN1CCC(O)CC1)C1CCCCCC1. The normalized spacial score (nSPS) is 21.4. The number of nitrogens with zero attached hydrogens (tertiary/aromatic N) is 1.